The summed E-state index contributed by atoms with van der Waals surface area (Å²) in [6, 6.07) is 11.1. The Kier molecular flexibility index (Phi) is 7.99. The first-order valence-electron chi connectivity index (χ1n) is 13.2. The van der Waals surface area contributed by atoms with Crippen LogP contribution in [-0.2, 0) is 4.79 Å². The monoisotopic (exact) mass is 604 g/mol. The van der Waals surface area contributed by atoms with Crippen molar-refractivity contribution in [2.24, 2.45) is 0 Å². The van der Waals surface area contributed by atoms with Gasteiger partial charge in [-0.15, -0.1) is 0 Å². The highest BCUT2D eigenvalue weighted by Crippen LogP contribution is 2.32. The summed E-state index contributed by atoms with van der Waals surface area (Å²) in [6.07, 6.45) is 3.12. The molecule has 0 aliphatic heterocycles. The first-order chi connectivity index (χ1) is 20.9. The molecule has 12 nitrogen and oxygen atoms in total. The number of halogens is 2. The second kappa shape index (κ2) is 11.8. The van der Waals surface area contributed by atoms with Crippen LogP contribution in [0.1, 0.15) is 26.8 Å². The van der Waals surface area contributed by atoms with Crippen molar-refractivity contribution in [2.75, 3.05) is 17.3 Å². The second-order valence-electron chi connectivity index (χ2n) is 9.96. The molecule has 0 aliphatic rings. The first kappa shape index (κ1) is 29.7. The van der Waals surface area contributed by atoms with Gasteiger partial charge in [-0.25, -0.2) is 27.5 Å². The minimum Gasteiger partial charge on any atom is -0.452 e. The maximum absolute atomic E-state index is 15.1. The minimum absolute atomic E-state index is 0.0181. The molecule has 0 fully saturated rings. The third-order valence-corrected chi connectivity index (χ3v) is 6.64. The predicted octanol–water partition coefficient (Wildman–Crippen LogP) is 4.89. The molecule has 3 heterocycles. The van der Waals surface area contributed by atoms with Crippen molar-refractivity contribution < 1.29 is 27.8 Å². The SMILES string of the molecule is CC(=O)N(C)c1cc(Oc2ccc(NC(=O)Oc3cn(C(C)C)c(=O)n(-c4ccc(F)cc4)c3=O)cc2F)c2ccnn2c1. The molecule has 0 radical (unpaired) electrons. The number of hydrogen-bond acceptors (Lipinski definition) is 7. The van der Waals surface area contributed by atoms with Crippen molar-refractivity contribution in [3.63, 3.8) is 0 Å². The topological polar surface area (TPSA) is 129 Å². The average Bonchev–Trinajstić information content (AvgIpc) is 3.45. The standard InChI is InChI=1S/C30H26F2N6O6/c1-17(2)36-16-27(28(40)38(30(36)42)21-8-5-19(31)6-9-21)44-29(41)34-20-7-10-25(23(32)13-20)43-26-14-22(35(4)18(3)39)15-37-24(26)11-12-33-37/h5-17H,1-4H3,(H,34,41). The van der Waals surface area contributed by atoms with Crippen molar-refractivity contribution in [1.29, 1.82) is 0 Å². The lowest BCUT2D eigenvalue weighted by Gasteiger charge is -2.17. The predicted molar refractivity (Wildman–Crippen MR) is 157 cm³/mol. The number of carbonyl (C=O) groups is 2. The lowest BCUT2D eigenvalue weighted by atomic mass is 10.2. The molecule has 2 amide bonds. The fourth-order valence-electron chi connectivity index (χ4n) is 4.26. The maximum Gasteiger partial charge on any atom is 0.417 e. The Bertz CT molecular complexity index is 2020. The van der Waals surface area contributed by atoms with Gasteiger partial charge in [0.2, 0.25) is 11.7 Å². The third kappa shape index (κ3) is 5.90. The maximum atomic E-state index is 15.1. The van der Waals surface area contributed by atoms with Crippen molar-refractivity contribution in [2.45, 2.75) is 26.8 Å². The number of nitrogens with one attached hydrogen (secondary N) is 1. The van der Waals surface area contributed by atoms with Gasteiger partial charge in [-0.05, 0) is 56.3 Å². The Labute approximate surface area is 248 Å². The van der Waals surface area contributed by atoms with Gasteiger partial charge < -0.3 is 14.4 Å². The van der Waals surface area contributed by atoms with E-state index in [0.717, 1.165) is 29.0 Å². The molecule has 226 valence electrons. The summed E-state index contributed by atoms with van der Waals surface area (Å²) < 4.78 is 43.0. The number of benzene rings is 2. The van der Waals surface area contributed by atoms with Crippen LogP contribution in [0.15, 0.2) is 82.8 Å². The number of aromatic nitrogens is 4. The van der Waals surface area contributed by atoms with E-state index in [9.17, 15) is 23.6 Å². The van der Waals surface area contributed by atoms with Gasteiger partial charge in [0, 0.05) is 37.8 Å². The van der Waals surface area contributed by atoms with E-state index in [1.807, 2.05) is 0 Å². The van der Waals surface area contributed by atoms with Crippen LogP contribution < -0.4 is 30.9 Å². The fourth-order valence-corrected chi connectivity index (χ4v) is 4.26. The molecule has 0 spiro atoms. The van der Waals surface area contributed by atoms with E-state index >= 15 is 4.39 Å². The smallest absolute Gasteiger partial charge is 0.417 e. The summed E-state index contributed by atoms with van der Waals surface area (Å²) >= 11 is 0. The van der Waals surface area contributed by atoms with Crippen LogP contribution in [0.25, 0.3) is 11.2 Å². The highest BCUT2D eigenvalue weighted by atomic mass is 19.1. The van der Waals surface area contributed by atoms with Gasteiger partial charge in [-0.1, -0.05) is 0 Å². The van der Waals surface area contributed by atoms with Gasteiger partial charge in [-0.2, -0.15) is 5.10 Å². The Morgan fingerprint density at radius 2 is 1.68 bits per heavy atom. The highest BCUT2D eigenvalue weighted by Gasteiger charge is 2.19. The molecular weight excluding hydrogens is 578 g/mol. The molecule has 14 heteroatoms. The number of amides is 2. The number of rotatable bonds is 7. The van der Waals surface area contributed by atoms with Crippen molar-refractivity contribution in [1.82, 2.24) is 18.7 Å². The van der Waals surface area contributed by atoms with Gasteiger partial charge in [0.25, 0.3) is 0 Å². The summed E-state index contributed by atoms with van der Waals surface area (Å²) in [5, 5.41) is 6.51. The quantitative estimate of drug-likeness (QED) is 0.280. The molecule has 0 unspecified atom stereocenters. The number of pyridine rings is 1. The molecule has 0 saturated carbocycles. The van der Waals surface area contributed by atoms with E-state index in [1.54, 1.807) is 39.2 Å². The molecule has 0 atom stereocenters. The molecule has 44 heavy (non-hydrogen) atoms. The van der Waals surface area contributed by atoms with Gasteiger partial charge in [0.05, 0.1) is 30.0 Å². The molecule has 5 rings (SSSR count). The van der Waals surface area contributed by atoms with Crippen LogP contribution >= 0.6 is 0 Å². The lowest BCUT2D eigenvalue weighted by Crippen LogP contribution is -2.40. The molecule has 2 aromatic carbocycles. The molecule has 0 aliphatic carbocycles. The van der Waals surface area contributed by atoms with Crippen molar-refractivity contribution >= 4 is 28.9 Å². The van der Waals surface area contributed by atoms with Crippen LogP contribution in [0.5, 0.6) is 17.2 Å². The van der Waals surface area contributed by atoms with E-state index in [2.05, 4.69) is 10.4 Å². The number of nitrogens with zero attached hydrogens (tertiary/aromatic N) is 5. The zero-order valence-corrected chi connectivity index (χ0v) is 23.9. The van der Waals surface area contributed by atoms with E-state index in [-0.39, 0.29) is 28.8 Å². The molecule has 0 bridgehead atoms. The van der Waals surface area contributed by atoms with Crippen LogP contribution in [0.3, 0.4) is 0 Å². The highest BCUT2D eigenvalue weighted by molar-refractivity contribution is 5.91. The number of fused-ring (bicyclic) bond motifs is 1. The molecular formula is C30H26F2N6O6. The fraction of sp³-hybridized carbons (Fsp3) is 0.167. The minimum atomic E-state index is -1.13. The Morgan fingerprint density at radius 1 is 0.955 bits per heavy atom. The van der Waals surface area contributed by atoms with Gasteiger partial charge in [0.1, 0.15) is 11.3 Å². The van der Waals surface area contributed by atoms with Crippen LogP contribution in [-0.4, -0.2) is 37.8 Å². The Morgan fingerprint density at radius 3 is 2.34 bits per heavy atom. The third-order valence-electron chi connectivity index (χ3n) is 6.64. The van der Waals surface area contributed by atoms with E-state index in [4.69, 9.17) is 9.47 Å². The largest absolute Gasteiger partial charge is 0.452 e. The zero-order valence-electron chi connectivity index (χ0n) is 23.9. The number of hydrogen-bond donors (Lipinski definition) is 1. The summed E-state index contributed by atoms with van der Waals surface area (Å²) in [4.78, 5) is 52.1. The van der Waals surface area contributed by atoms with Crippen molar-refractivity contribution in [3.8, 4) is 22.9 Å². The first-order valence-corrected chi connectivity index (χ1v) is 13.2. The summed E-state index contributed by atoms with van der Waals surface area (Å²) in [7, 11) is 1.58. The zero-order chi connectivity index (χ0) is 31.7. The normalized spacial score (nSPS) is 11.1. The Balaban J connectivity index is 1.38. The van der Waals surface area contributed by atoms with Gasteiger partial charge in [-0.3, -0.25) is 19.5 Å². The van der Waals surface area contributed by atoms with E-state index < -0.39 is 40.8 Å². The van der Waals surface area contributed by atoms with E-state index in [0.29, 0.717) is 11.2 Å². The summed E-state index contributed by atoms with van der Waals surface area (Å²) in [6.45, 7) is 4.77. The van der Waals surface area contributed by atoms with Gasteiger partial charge in [0.15, 0.2) is 17.3 Å². The van der Waals surface area contributed by atoms with Crippen LogP contribution in [0.4, 0.5) is 25.0 Å². The van der Waals surface area contributed by atoms with Crippen molar-refractivity contribution in [3.05, 3.63) is 106 Å². The summed E-state index contributed by atoms with van der Waals surface area (Å²) in [5.74, 6) is -2.07. The molecule has 3 aromatic heterocycles. The second-order valence-corrected chi connectivity index (χ2v) is 9.96. The van der Waals surface area contributed by atoms with Crippen LogP contribution in [0, 0.1) is 11.6 Å². The number of anilines is 2. The van der Waals surface area contributed by atoms with E-state index in [1.165, 1.54) is 51.4 Å². The number of carbonyl (C=O) groups excluding carboxylic acids is 2. The van der Waals surface area contributed by atoms with Gasteiger partial charge >= 0.3 is 17.3 Å². The van der Waals surface area contributed by atoms with Crippen LogP contribution in [0.2, 0.25) is 0 Å². The Hall–Kier alpha value is -5.79. The molecule has 1 N–H and O–H groups in total. The number of ether oxygens (including phenoxy) is 2. The molecule has 5 aromatic rings. The lowest BCUT2D eigenvalue weighted by molar-refractivity contribution is -0.116. The molecule has 0 saturated heterocycles. The summed E-state index contributed by atoms with van der Waals surface area (Å²) in [5.41, 5.74) is -0.625. The average molecular weight is 605 g/mol.